The molecule has 0 aromatic carbocycles. The highest BCUT2D eigenvalue weighted by molar-refractivity contribution is 7.13. The number of hydrogen-bond acceptors (Lipinski definition) is 8. The number of nitrogens with one attached hydrogen (secondary N) is 1. The van der Waals surface area contributed by atoms with Crippen molar-refractivity contribution in [3.8, 4) is 22.2 Å². The van der Waals surface area contributed by atoms with E-state index in [9.17, 15) is 0 Å². The molecular weight excluding hydrogens is 350 g/mol. The van der Waals surface area contributed by atoms with Crippen LogP contribution in [0.3, 0.4) is 0 Å². The Kier molecular flexibility index (Phi) is 4.95. The van der Waals surface area contributed by atoms with E-state index in [0.717, 1.165) is 30.2 Å². The van der Waals surface area contributed by atoms with Crippen LogP contribution in [0.1, 0.15) is 11.9 Å². The molecule has 24 heavy (non-hydrogen) atoms. The molecular formula is C14H18ClN7OS. The highest BCUT2D eigenvalue weighted by atomic mass is 35.5. The van der Waals surface area contributed by atoms with Crippen LogP contribution in [0, 0.1) is 0 Å². The van der Waals surface area contributed by atoms with Gasteiger partial charge >= 0.3 is 0 Å². The fraction of sp³-hybridized carbons (Fsp3) is 0.429. The van der Waals surface area contributed by atoms with Crippen molar-refractivity contribution >= 4 is 23.7 Å². The average Bonchev–Trinajstić information content (AvgIpc) is 3.27. The molecule has 1 fully saturated rings. The van der Waals surface area contributed by atoms with Crippen LogP contribution in [0.4, 0.5) is 0 Å². The summed E-state index contributed by atoms with van der Waals surface area (Å²) in [6, 6.07) is 0.137. The van der Waals surface area contributed by atoms with Gasteiger partial charge in [0.25, 0.3) is 5.89 Å². The second-order valence-electron chi connectivity index (χ2n) is 5.60. The van der Waals surface area contributed by atoms with Crippen molar-refractivity contribution in [2.45, 2.75) is 6.04 Å². The second kappa shape index (κ2) is 6.98. The van der Waals surface area contributed by atoms with Crippen molar-refractivity contribution in [2.75, 3.05) is 26.7 Å². The lowest BCUT2D eigenvalue weighted by molar-refractivity contribution is 0.190. The van der Waals surface area contributed by atoms with E-state index < -0.39 is 0 Å². The van der Waals surface area contributed by atoms with E-state index in [1.54, 1.807) is 22.2 Å². The summed E-state index contributed by atoms with van der Waals surface area (Å²) in [5.74, 6) is 1.16. The molecule has 1 saturated heterocycles. The SMILES string of the molecule is CN1CCNCC1c1noc(-c2csc(-c3cnn(C)c3)n2)n1.Cl. The maximum absolute atomic E-state index is 5.41. The number of halogens is 1. The molecule has 0 saturated carbocycles. The van der Waals surface area contributed by atoms with Crippen LogP contribution in [0.5, 0.6) is 0 Å². The second-order valence-corrected chi connectivity index (χ2v) is 6.46. The lowest BCUT2D eigenvalue weighted by Gasteiger charge is -2.30. The molecule has 1 aliphatic rings. The van der Waals surface area contributed by atoms with Gasteiger partial charge < -0.3 is 9.84 Å². The first-order chi connectivity index (χ1) is 11.2. The van der Waals surface area contributed by atoms with Gasteiger partial charge in [0, 0.05) is 43.8 Å². The molecule has 0 amide bonds. The zero-order chi connectivity index (χ0) is 15.8. The molecule has 128 valence electrons. The number of likely N-dealkylation sites (N-methyl/N-ethyl adjacent to an activating group) is 1. The first-order valence-electron chi connectivity index (χ1n) is 7.40. The Morgan fingerprint density at radius 3 is 2.96 bits per heavy atom. The third-order valence-electron chi connectivity index (χ3n) is 3.93. The van der Waals surface area contributed by atoms with Crippen LogP contribution >= 0.6 is 23.7 Å². The van der Waals surface area contributed by atoms with Gasteiger partial charge in [0.05, 0.1) is 12.2 Å². The van der Waals surface area contributed by atoms with Gasteiger partial charge in [-0.15, -0.1) is 23.7 Å². The first-order valence-corrected chi connectivity index (χ1v) is 8.28. The Bertz CT molecular complexity index is 814. The summed E-state index contributed by atoms with van der Waals surface area (Å²) in [6.45, 7) is 2.78. The van der Waals surface area contributed by atoms with Crippen LogP contribution in [0.25, 0.3) is 22.2 Å². The smallest absolute Gasteiger partial charge is 0.277 e. The molecule has 0 bridgehead atoms. The van der Waals surface area contributed by atoms with Gasteiger partial charge in [-0.25, -0.2) is 4.98 Å². The van der Waals surface area contributed by atoms with E-state index in [1.807, 2.05) is 18.6 Å². The van der Waals surface area contributed by atoms with Crippen LogP contribution in [-0.4, -0.2) is 56.5 Å². The Hall–Kier alpha value is -1.81. The number of thiazole rings is 1. The van der Waals surface area contributed by atoms with E-state index in [1.165, 1.54) is 0 Å². The number of nitrogens with zero attached hydrogens (tertiary/aromatic N) is 6. The van der Waals surface area contributed by atoms with Crippen LogP contribution in [-0.2, 0) is 7.05 Å². The van der Waals surface area contributed by atoms with Crippen molar-refractivity contribution in [3.63, 3.8) is 0 Å². The van der Waals surface area contributed by atoms with Crippen LogP contribution in [0.15, 0.2) is 22.3 Å². The van der Waals surface area contributed by atoms with E-state index in [2.05, 4.69) is 37.5 Å². The topological polar surface area (TPSA) is 84.9 Å². The van der Waals surface area contributed by atoms with Crippen LogP contribution < -0.4 is 5.32 Å². The molecule has 1 aliphatic heterocycles. The van der Waals surface area contributed by atoms with Crippen LogP contribution in [0.2, 0.25) is 0 Å². The minimum atomic E-state index is 0. The molecule has 1 unspecified atom stereocenters. The summed E-state index contributed by atoms with van der Waals surface area (Å²) in [5.41, 5.74) is 1.69. The standard InChI is InChI=1S/C14H17N7OS.ClH/c1-20-4-3-15-6-11(20)12-18-13(22-19-12)10-8-23-14(17-10)9-5-16-21(2)7-9;/h5,7-8,11,15H,3-4,6H2,1-2H3;1H. The zero-order valence-electron chi connectivity index (χ0n) is 13.3. The van der Waals surface area contributed by atoms with Gasteiger partial charge in [0.2, 0.25) is 0 Å². The third-order valence-corrected chi connectivity index (χ3v) is 4.82. The lowest BCUT2D eigenvalue weighted by Crippen LogP contribution is -2.44. The molecule has 1 atom stereocenters. The van der Waals surface area contributed by atoms with Crippen molar-refractivity contribution < 1.29 is 4.52 Å². The number of rotatable bonds is 3. The van der Waals surface area contributed by atoms with E-state index in [-0.39, 0.29) is 18.4 Å². The van der Waals surface area contributed by atoms with Gasteiger partial charge in [0.1, 0.15) is 10.7 Å². The zero-order valence-corrected chi connectivity index (χ0v) is 15.0. The first kappa shape index (κ1) is 17.0. The summed E-state index contributed by atoms with van der Waals surface area (Å²) in [4.78, 5) is 11.3. The molecule has 3 aromatic heterocycles. The van der Waals surface area contributed by atoms with Gasteiger partial charge in [-0.3, -0.25) is 9.58 Å². The summed E-state index contributed by atoms with van der Waals surface area (Å²) in [7, 11) is 3.96. The monoisotopic (exact) mass is 367 g/mol. The summed E-state index contributed by atoms with van der Waals surface area (Å²) < 4.78 is 7.17. The Balaban J connectivity index is 0.00000169. The third kappa shape index (κ3) is 3.20. The lowest BCUT2D eigenvalue weighted by atomic mass is 10.2. The highest BCUT2D eigenvalue weighted by Crippen LogP contribution is 2.28. The Labute approximate surface area is 149 Å². The molecule has 3 aromatic rings. The predicted molar refractivity (Wildman–Crippen MR) is 93.1 cm³/mol. The van der Waals surface area contributed by atoms with Gasteiger partial charge in [0.15, 0.2) is 5.82 Å². The fourth-order valence-corrected chi connectivity index (χ4v) is 3.37. The number of piperazine rings is 1. The highest BCUT2D eigenvalue weighted by Gasteiger charge is 2.26. The largest absolute Gasteiger partial charge is 0.332 e. The summed E-state index contributed by atoms with van der Waals surface area (Å²) in [5, 5.41) is 14.5. The Morgan fingerprint density at radius 2 is 2.21 bits per heavy atom. The maximum Gasteiger partial charge on any atom is 0.277 e. The Morgan fingerprint density at radius 1 is 1.33 bits per heavy atom. The average molecular weight is 368 g/mol. The summed E-state index contributed by atoms with van der Waals surface area (Å²) >= 11 is 1.54. The summed E-state index contributed by atoms with van der Waals surface area (Å²) in [6.07, 6.45) is 3.73. The van der Waals surface area contributed by atoms with Crippen molar-refractivity contribution in [2.24, 2.45) is 7.05 Å². The quantitative estimate of drug-likeness (QED) is 0.752. The predicted octanol–water partition coefficient (Wildman–Crippen LogP) is 1.59. The number of aryl methyl sites for hydroxylation is 1. The van der Waals surface area contributed by atoms with E-state index in [4.69, 9.17) is 4.52 Å². The normalized spacial score (nSPS) is 18.5. The molecule has 10 heteroatoms. The number of aromatic nitrogens is 5. The fourth-order valence-electron chi connectivity index (χ4n) is 2.60. The molecule has 0 spiro atoms. The minimum Gasteiger partial charge on any atom is -0.332 e. The molecule has 4 heterocycles. The van der Waals surface area contributed by atoms with E-state index in [0.29, 0.717) is 17.4 Å². The molecule has 8 nitrogen and oxygen atoms in total. The van der Waals surface area contributed by atoms with Crippen molar-refractivity contribution in [3.05, 3.63) is 23.6 Å². The van der Waals surface area contributed by atoms with Gasteiger partial charge in [-0.05, 0) is 7.05 Å². The maximum atomic E-state index is 5.41. The van der Waals surface area contributed by atoms with Crippen molar-refractivity contribution in [1.29, 1.82) is 0 Å². The minimum absolute atomic E-state index is 0. The molecule has 0 radical (unpaired) electrons. The van der Waals surface area contributed by atoms with Gasteiger partial charge in [-0.2, -0.15) is 10.1 Å². The van der Waals surface area contributed by atoms with E-state index >= 15 is 0 Å². The van der Waals surface area contributed by atoms with Crippen molar-refractivity contribution in [1.82, 2.24) is 35.1 Å². The number of hydrogen-bond donors (Lipinski definition) is 1. The molecule has 1 N–H and O–H groups in total. The molecule has 4 rings (SSSR count). The molecule has 0 aliphatic carbocycles. The van der Waals surface area contributed by atoms with Gasteiger partial charge in [-0.1, -0.05) is 5.16 Å².